The number of aromatic amines is 1. The fraction of sp³-hybridized carbons (Fsp3) is 0.300. The highest BCUT2D eigenvalue weighted by Gasteiger charge is 2.10. The Kier molecular flexibility index (Phi) is 3.51. The molecule has 7 heteroatoms. The summed E-state index contributed by atoms with van der Waals surface area (Å²) in [6.07, 6.45) is 4.24. The van der Waals surface area contributed by atoms with Crippen molar-refractivity contribution < 1.29 is 9.34 Å². The number of nitro groups is 1. The lowest BCUT2D eigenvalue weighted by Gasteiger charge is -1.99. The molecule has 0 unspecified atom stereocenters. The van der Waals surface area contributed by atoms with E-state index in [4.69, 9.17) is 4.42 Å². The number of nitrogens with zero attached hydrogens (tertiary/aromatic N) is 2. The van der Waals surface area contributed by atoms with Crippen LogP contribution in [0.5, 0.6) is 0 Å². The van der Waals surface area contributed by atoms with Gasteiger partial charge in [-0.1, -0.05) is 0 Å². The zero-order valence-electron chi connectivity index (χ0n) is 9.05. The predicted octanol–water partition coefficient (Wildman–Crippen LogP) is 1.24. The molecule has 2 rings (SSSR count). The molecular weight excluding hydrogens is 224 g/mol. The van der Waals surface area contributed by atoms with Crippen LogP contribution in [0.1, 0.15) is 11.6 Å². The molecule has 0 atom stereocenters. The smallest absolute Gasteiger partial charge is 0.404 e. The van der Waals surface area contributed by atoms with Gasteiger partial charge in [-0.2, -0.15) is 0 Å². The summed E-state index contributed by atoms with van der Waals surface area (Å²) in [5.74, 6) is 1.23. The molecule has 0 saturated carbocycles. The Morgan fingerprint density at radius 3 is 3.06 bits per heavy atom. The van der Waals surface area contributed by atoms with E-state index in [-0.39, 0.29) is 5.88 Å². The molecule has 90 valence electrons. The van der Waals surface area contributed by atoms with Gasteiger partial charge in [0.2, 0.25) is 0 Å². The Morgan fingerprint density at radius 2 is 2.41 bits per heavy atom. The summed E-state index contributed by atoms with van der Waals surface area (Å²) in [7, 11) is 0. The van der Waals surface area contributed by atoms with Gasteiger partial charge in [0.1, 0.15) is 16.5 Å². The SMILES string of the molecule is O=[N+]([O-])c1ccc(CNCCc2ncc[nH]2)o1. The lowest BCUT2D eigenvalue weighted by atomic mass is 10.4. The van der Waals surface area contributed by atoms with Crippen LogP contribution in [0, 0.1) is 10.1 Å². The predicted molar refractivity (Wildman–Crippen MR) is 59.4 cm³/mol. The van der Waals surface area contributed by atoms with Crippen LogP contribution >= 0.6 is 0 Å². The van der Waals surface area contributed by atoms with Gasteiger partial charge in [-0.3, -0.25) is 10.1 Å². The van der Waals surface area contributed by atoms with Crippen LogP contribution in [0.25, 0.3) is 0 Å². The van der Waals surface area contributed by atoms with E-state index in [9.17, 15) is 10.1 Å². The molecule has 7 nitrogen and oxygen atoms in total. The maximum absolute atomic E-state index is 10.4. The van der Waals surface area contributed by atoms with E-state index in [1.807, 2.05) is 0 Å². The van der Waals surface area contributed by atoms with Crippen LogP contribution in [-0.2, 0) is 13.0 Å². The second-order valence-electron chi connectivity index (χ2n) is 3.46. The Bertz CT molecular complexity index is 477. The summed E-state index contributed by atoms with van der Waals surface area (Å²) in [5, 5.41) is 13.5. The quantitative estimate of drug-likeness (QED) is 0.447. The average molecular weight is 236 g/mol. The third-order valence-electron chi connectivity index (χ3n) is 2.22. The molecule has 2 aromatic rings. The lowest BCUT2D eigenvalue weighted by molar-refractivity contribution is -0.402. The average Bonchev–Trinajstić information content (AvgIpc) is 2.96. The Hall–Kier alpha value is -2.15. The van der Waals surface area contributed by atoms with E-state index >= 15 is 0 Å². The van der Waals surface area contributed by atoms with Crippen molar-refractivity contribution in [3.63, 3.8) is 0 Å². The van der Waals surface area contributed by atoms with Gasteiger partial charge in [0.05, 0.1) is 12.6 Å². The summed E-state index contributed by atoms with van der Waals surface area (Å²) in [6, 6.07) is 2.95. The summed E-state index contributed by atoms with van der Waals surface area (Å²) < 4.78 is 5.00. The minimum absolute atomic E-state index is 0.229. The minimum atomic E-state index is -0.549. The molecule has 2 aromatic heterocycles. The molecule has 0 fully saturated rings. The second-order valence-corrected chi connectivity index (χ2v) is 3.46. The molecule has 0 amide bonds. The zero-order chi connectivity index (χ0) is 12.1. The largest absolute Gasteiger partial charge is 0.433 e. The van der Waals surface area contributed by atoms with Gasteiger partial charge in [-0.15, -0.1) is 0 Å². The number of H-pyrrole nitrogens is 1. The highest BCUT2D eigenvalue weighted by atomic mass is 16.6. The first kappa shape index (κ1) is 11.3. The number of hydrogen-bond acceptors (Lipinski definition) is 5. The molecule has 0 radical (unpaired) electrons. The third kappa shape index (κ3) is 3.15. The van der Waals surface area contributed by atoms with Crippen molar-refractivity contribution in [1.82, 2.24) is 15.3 Å². The molecule has 0 aliphatic heterocycles. The number of aromatic nitrogens is 2. The van der Waals surface area contributed by atoms with Gasteiger partial charge < -0.3 is 14.7 Å². The van der Waals surface area contributed by atoms with Gasteiger partial charge in [-0.25, -0.2) is 4.98 Å². The molecule has 0 spiro atoms. The summed E-state index contributed by atoms with van der Waals surface area (Å²) in [4.78, 5) is 16.9. The van der Waals surface area contributed by atoms with Gasteiger partial charge in [0, 0.05) is 25.4 Å². The maximum atomic E-state index is 10.4. The number of imidazole rings is 1. The lowest BCUT2D eigenvalue weighted by Crippen LogP contribution is -2.16. The van der Waals surface area contributed by atoms with Crippen molar-refractivity contribution in [3.8, 4) is 0 Å². The molecule has 17 heavy (non-hydrogen) atoms. The number of rotatable bonds is 6. The van der Waals surface area contributed by atoms with Crippen molar-refractivity contribution in [1.29, 1.82) is 0 Å². The molecule has 0 aliphatic carbocycles. The molecule has 0 aliphatic rings. The van der Waals surface area contributed by atoms with Crippen LogP contribution < -0.4 is 5.32 Å². The second kappa shape index (κ2) is 5.26. The molecule has 0 saturated heterocycles. The van der Waals surface area contributed by atoms with Crippen LogP contribution in [0.2, 0.25) is 0 Å². The van der Waals surface area contributed by atoms with Crippen LogP contribution in [0.4, 0.5) is 5.88 Å². The van der Waals surface area contributed by atoms with E-state index in [2.05, 4.69) is 15.3 Å². The third-order valence-corrected chi connectivity index (χ3v) is 2.22. The van der Waals surface area contributed by atoms with Gasteiger partial charge in [0.25, 0.3) is 0 Å². The van der Waals surface area contributed by atoms with Crippen molar-refractivity contribution in [2.45, 2.75) is 13.0 Å². The number of nitrogens with one attached hydrogen (secondary N) is 2. The highest BCUT2D eigenvalue weighted by Crippen LogP contribution is 2.14. The van der Waals surface area contributed by atoms with Crippen LogP contribution in [-0.4, -0.2) is 21.4 Å². The van der Waals surface area contributed by atoms with E-state index in [0.29, 0.717) is 12.3 Å². The topological polar surface area (TPSA) is 97.0 Å². The first-order valence-corrected chi connectivity index (χ1v) is 5.18. The normalized spacial score (nSPS) is 10.6. The summed E-state index contributed by atoms with van der Waals surface area (Å²) in [6.45, 7) is 1.19. The molecule has 2 heterocycles. The Labute approximate surface area is 97.0 Å². The standard InChI is InChI=1S/C10H12N4O3/c15-14(16)10-2-1-8(17-10)7-11-4-3-9-12-5-6-13-9/h1-2,5-6,11H,3-4,7H2,(H,12,13). The molecule has 2 N–H and O–H groups in total. The van der Waals surface area contributed by atoms with Gasteiger partial charge >= 0.3 is 5.88 Å². The van der Waals surface area contributed by atoms with E-state index in [1.165, 1.54) is 6.07 Å². The van der Waals surface area contributed by atoms with Crippen LogP contribution in [0.15, 0.2) is 28.9 Å². The van der Waals surface area contributed by atoms with E-state index < -0.39 is 4.92 Å². The first-order chi connectivity index (χ1) is 8.25. The van der Waals surface area contributed by atoms with Crippen LogP contribution in [0.3, 0.4) is 0 Å². The fourth-order valence-corrected chi connectivity index (χ4v) is 1.41. The Balaban J connectivity index is 1.72. The first-order valence-electron chi connectivity index (χ1n) is 5.18. The van der Waals surface area contributed by atoms with Crippen molar-refractivity contribution in [2.24, 2.45) is 0 Å². The van der Waals surface area contributed by atoms with E-state index in [1.54, 1.807) is 18.5 Å². The maximum Gasteiger partial charge on any atom is 0.433 e. The molecular formula is C10H12N4O3. The fourth-order valence-electron chi connectivity index (χ4n) is 1.41. The minimum Gasteiger partial charge on any atom is -0.404 e. The van der Waals surface area contributed by atoms with Crippen molar-refractivity contribution in [3.05, 3.63) is 46.2 Å². The van der Waals surface area contributed by atoms with Gasteiger partial charge in [0.15, 0.2) is 0 Å². The van der Waals surface area contributed by atoms with Gasteiger partial charge in [-0.05, 0) is 6.07 Å². The Morgan fingerprint density at radius 1 is 1.53 bits per heavy atom. The highest BCUT2D eigenvalue weighted by molar-refractivity contribution is 5.17. The van der Waals surface area contributed by atoms with Crippen molar-refractivity contribution in [2.75, 3.05) is 6.54 Å². The molecule has 0 aromatic carbocycles. The van der Waals surface area contributed by atoms with Crippen molar-refractivity contribution >= 4 is 5.88 Å². The zero-order valence-corrected chi connectivity index (χ0v) is 9.05. The monoisotopic (exact) mass is 236 g/mol. The summed E-state index contributed by atoms with van der Waals surface area (Å²) in [5.41, 5.74) is 0. The number of furan rings is 1. The summed E-state index contributed by atoms with van der Waals surface area (Å²) >= 11 is 0. The number of hydrogen-bond donors (Lipinski definition) is 2. The van der Waals surface area contributed by atoms with E-state index in [0.717, 1.165) is 18.8 Å². The molecule has 0 bridgehead atoms.